The van der Waals surface area contributed by atoms with Crippen molar-refractivity contribution in [3.05, 3.63) is 5.21 Å². The number of hydrogen-bond donors (Lipinski definition) is 1. The van der Waals surface area contributed by atoms with Gasteiger partial charge >= 0.3 is 0 Å². The number of nitrogens with zero attached hydrogens (tertiary/aromatic N) is 2. The van der Waals surface area contributed by atoms with Gasteiger partial charge in [0.2, 0.25) is 0 Å². The lowest BCUT2D eigenvalue weighted by molar-refractivity contribution is -0.912. The van der Waals surface area contributed by atoms with Crippen LogP contribution in [0.25, 0.3) is 0 Å². The van der Waals surface area contributed by atoms with E-state index in [2.05, 4.69) is 17.5 Å². The molecule has 0 aliphatic carbocycles. The second-order valence-corrected chi connectivity index (χ2v) is 4.78. The maximum absolute atomic E-state index is 11.3. The van der Waals surface area contributed by atoms with Gasteiger partial charge < -0.3 is 20.2 Å². The van der Waals surface area contributed by atoms with Crippen molar-refractivity contribution in [1.29, 1.82) is 0 Å². The van der Waals surface area contributed by atoms with E-state index in [0.717, 1.165) is 11.0 Å². The van der Waals surface area contributed by atoms with Crippen molar-refractivity contribution >= 4 is 35.6 Å². The molecule has 0 atom stereocenters. The van der Waals surface area contributed by atoms with Gasteiger partial charge in [-0.2, -0.15) is 0 Å². The average molecular weight is 355 g/mol. The average Bonchev–Trinajstić information content (AvgIpc) is 2.28. The zero-order chi connectivity index (χ0) is 12.0. The second-order valence-electron chi connectivity index (χ2n) is 4.78. The number of carbonyl (C=O) groups excluding carboxylic acids is 1. The van der Waals surface area contributed by atoms with E-state index >= 15 is 0 Å². The Morgan fingerprint density at radius 1 is 1.35 bits per heavy atom. The summed E-state index contributed by atoms with van der Waals surface area (Å²) in [5.41, 5.74) is 0.00120. The predicted molar refractivity (Wildman–Crippen MR) is 79.5 cm³/mol. The molecule has 1 N–H and O–H groups in total. The standard InChI is InChI=1S/C11H21N3O2.HI/c1-10(13-16)11(15)12-6-9-14(2)7-4-3-5-8-14;/h3-9H2,1-2H3,(H-,12,15,16);1H. The monoisotopic (exact) mass is 355 g/mol. The summed E-state index contributed by atoms with van der Waals surface area (Å²) in [4.78, 5) is 11.3. The number of amides is 1. The zero-order valence-corrected chi connectivity index (χ0v) is 12.9. The van der Waals surface area contributed by atoms with E-state index in [1.54, 1.807) is 0 Å². The molecule has 0 spiro atoms. The Morgan fingerprint density at radius 2 is 1.94 bits per heavy atom. The number of likely N-dealkylation sites (tertiary alicyclic amines) is 1. The molecule has 0 aromatic carbocycles. The van der Waals surface area contributed by atoms with Crippen LogP contribution in [0.4, 0.5) is 0 Å². The van der Waals surface area contributed by atoms with E-state index in [9.17, 15) is 10.0 Å². The van der Waals surface area contributed by atoms with Crippen molar-refractivity contribution in [1.82, 2.24) is 5.32 Å². The van der Waals surface area contributed by atoms with Gasteiger partial charge in [0.25, 0.3) is 5.91 Å². The molecular weight excluding hydrogens is 333 g/mol. The summed E-state index contributed by atoms with van der Waals surface area (Å²) in [6, 6.07) is 0. The van der Waals surface area contributed by atoms with Crippen molar-refractivity contribution in [2.45, 2.75) is 26.2 Å². The number of carbonyl (C=O) groups is 1. The maximum atomic E-state index is 11.3. The van der Waals surface area contributed by atoms with Gasteiger partial charge in [0.05, 0.1) is 38.9 Å². The minimum Gasteiger partial charge on any atom is -0.792 e. The number of nitrogens with one attached hydrogen (secondary N) is 1. The van der Waals surface area contributed by atoms with Crippen LogP contribution in [0.3, 0.4) is 0 Å². The van der Waals surface area contributed by atoms with Gasteiger partial charge in [0, 0.05) is 0 Å². The number of likely N-dealkylation sites (N-methyl/N-ethyl adjacent to an activating group) is 1. The molecule has 17 heavy (non-hydrogen) atoms. The van der Waals surface area contributed by atoms with E-state index < -0.39 is 0 Å². The molecule has 0 aromatic heterocycles. The van der Waals surface area contributed by atoms with Crippen LogP contribution < -0.4 is 5.32 Å². The summed E-state index contributed by atoms with van der Waals surface area (Å²) < 4.78 is 1.02. The van der Waals surface area contributed by atoms with Crippen molar-refractivity contribution in [2.24, 2.45) is 5.16 Å². The lowest BCUT2D eigenvalue weighted by atomic mass is 10.1. The van der Waals surface area contributed by atoms with Crippen LogP contribution in [-0.2, 0) is 4.79 Å². The van der Waals surface area contributed by atoms with Gasteiger partial charge in [-0.3, -0.25) is 4.79 Å². The minimum absolute atomic E-state index is 0. The maximum Gasteiger partial charge on any atom is 0.264 e. The molecule has 1 amide bonds. The molecule has 0 radical (unpaired) electrons. The first kappa shape index (κ1) is 16.6. The highest BCUT2D eigenvalue weighted by molar-refractivity contribution is 14.0. The molecular formula is C11H22IN3O2. The third-order valence-electron chi connectivity index (χ3n) is 3.30. The number of quaternary nitrogens is 1. The van der Waals surface area contributed by atoms with Crippen LogP contribution in [0.5, 0.6) is 0 Å². The Balaban J connectivity index is 0.00000256. The summed E-state index contributed by atoms with van der Waals surface area (Å²) in [6.45, 7) is 5.34. The molecule has 0 saturated carbocycles. The summed E-state index contributed by atoms with van der Waals surface area (Å²) in [5.74, 6) is -0.349. The van der Waals surface area contributed by atoms with Crippen LogP contribution in [0, 0.1) is 5.21 Å². The summed E-state index contributed by atoms with van der Waals surface area (Å²) in [7, 11) is 2.22. The third-order valence-corrected chi connectivity index (χ3v) is 3.30. The van der Waals surface area contributed by atoms with Gasteiger partial charge in [-0.1, -0.05) is 0 Å². The molecule has 0 aromatic rings. The van der Waals surface area contributed by atoms with E-state index in [1.807, 2.05) is 0 Å². The molecule has 1 aliphatic heterocycles. The molecule has 100 valence electrons. The number of rotatable bonds is 4. The molecule has 5 nitrogen and oxygen atoms in total. The topological polar surface area (TPSA) is 64.5 Å². The number of piperidine rings is 1. The van der Waals surface area contributed by atoms with Crippen LogP contribution >= 0.6 is 24.0 Å². The first-order valence-corrected chi connectivity index (χ1v) is 5.86. The number of hydrogen-bond acceptors (Lipinski definition) is 3. The highest BCUT2D eigenvalue weighted by Crippen LogP contribution is 2.14. The second kappa shape index (κ2) is 7.86. The molecule has 6 heteroatoms. The molecule has 0 bridgehead atoms. The zero-order valence-electron chi connectivity index (χ0n) is 10.6. The first-order valence-electron chi connectivity index (χ1n) is 5.86. The molecule has 1 rings (SSSR count). The van der Waals surface area contributed by atoms with E-state index in [4.69, 9.17) is 0 Å². The van der Waals surface area contributed by atoms with Crippen LogP contribution in [0.1, 0.15) is 26.2 Å². The predicted octanol–water partition coefficient (Wildman–Crippen LogP) is 1.31. The fourth-order valence-electron chi connectivity index (χ4n) is 2.11. The molecule has 1 fully saturated rings. The fourth-order valence-corrected chi connectivity index (χ4v) is 2.11. The van der Waals surface area contributed by atoms with Crippen LogP contribution in [-0.4, -0.2) is 49.3 Å². The van der Waals surface area contributed by atoms with Crippen molar-refractivity contribution in [3.63, 3.8) is 0 Å². The van der Waals surface area contributed by atoms with Crippen molar-refractivity contribution in [2.75, 3.05) is 33.2 Å². The Bertz CT molecular complexity index is 276. The molecule has 1 aliphatic rings. The van der Waals surface area contributed by atoms with E-state index in [1.165, 1.54) is 39.3 Å². The minimum atomic E-state index is -0.349. The van der Waals surface area contributed by atoms with Crippen molar-refractivity contribution < 1.29 is 9.28 Å². The molecule has 1 heterocycles. The molecule has 0 unspecified atom stereocenters. The summed E-state index contributed by atoms with van der Waals surface area (Å²) >= 11 is 0. The van der Waals surface area contributed by atoms with E-state index in [0.29, 0.717) is 6.54 Å². The summed E-state index contributed by atoms with van der Waals surface area (Å²) in [6.07, 6.45) is 3.86. The Morgan fingerprint density at radius 3 is 2.47 bits per heavy atom. The van der Waals surface area contributed by atoms with Gasteiger partial charge in [-0.15, -0.1) is 24.0 Å². The fraction of sp³-hybridized carbons (Fsp3) is 0.818. The van der Waals surface area contributed by atoms with Gasteiger partial charge in [-0.25, -0.2) is 0 Å². The van der Waals surface area contributed by atoms with Gasteiger partial charge in [-0.05, 0) is 26.2 Å². The highest BCUT2D eigenvalue weighted by atomic mass is 127. The summed E-state index contributed by atoms with van der Waals surface area (Å²) in [5, 5.41) is 15.5. The van der Waals surface area contributed by atoms with E-state index in [-0.39, 0.29) is 35.6 Å². The highest BCUT2D eigenvalue weighted by Gasteiger charge is 2.24. The molecule has 1 saturated heterocycles. The Hall–Kier alpha value is -0.370. The van der Waals surface area contributed by atoms with Crippen LogP contribution in [0.2, 0.25) is 0 Å². The lowest BCUT2D eigenvalue weighted by Gasteiger charge is -2.37. The van der Waals surface area contributed by atoms with Gasteiger partial charge in [0.15, 0.2) is 0 Å². The SMILES string of the molecule is C/C(=N\[O-])C(=O)NCC[N+]1(C)CCCCC1.I. The van der Waals surface area contributed by atoms with Gasteiger partial charge in [0.1, 0.15) is 0 Å². The normalized spacial score (nSPS) is 19.3. The Kier molecular flexibility index (Phi) is 7.69. The lowest BCUT2D eigenvalue weighted by Crippen LogP contribution is -2.51. The van der Waals surface area contributed by atoms with Crippen molar-refractivity contribution in [3.8, 4) is 0 Å². The largest absolute Gasteiger partial charge is 0.792 e. The smallest absolute Gasteiger partial charge is 0.264 e. The first-order chi connectivity index (χ1) is 7.57. The number of halogens is 1. The quantitative estimate of drug-likeness (QED) is 0.358. The third kappa shape index (κ3) is 5.67. The Labute approximate surface area is 120 Å². The van der Waals surface area contributed by atoms with Crippen LogP contribution in [0.15, 0.2) is 5.16 Å².